The van der Waals surface area contributed by atoms with E-state index in [4.69, 9.17) is 0 Å². The van der Waals surface area contributed by atoms with Crippen molar-refractivity contribution in [2.75, 3.05) is 33.9 Å². The van der Waals surface area contributed by atoms with Crippen molar-refractivity contribution >= 4 is 43.1 Å². The SMILES string of the molecule is CCS(=O)(=O)N1CCc2cc(C(=O)CSc3nnc(CC4CCS(=O)(=O)C4)n3C)ccc21. The lowest BCUT2D eigenvalue weighted by atomic mass is 10.1. The van der Waals surface area contributed by atoms with Gasteiger partial charge in [-0.05, 0) is 49.4 Å². The number of nitrogens with zero attached hydrogens (tertiary/aromatic N) is 4. The van der Waals surface area contributed by atoms with Crippen LogP contribution in [0.3, 0.4) is 0 Å². The van der Waals surface area contributed by atoms with Crippen LogP contribution in [0.2, 0.25) is 0 Å². The van der Waals surface area contributed by atoms with Crippen LogP contribution < -0.4 is 4.31 Å². The van der Waals surface area contributed by atoms with E-state index in [1.165, 1.54) is 16.1 Å². The topological polar surface area (TPSA) is 119 Å². The molecule has 174 valence electrons. The summed E-state index contributed by atoms with van der Waals surface area (Å²) >= 11 is 1.29. The number of aromatic nitrogens is 3. The molecule has 9 nitrogen and oxygen atoms in total. The van der Waals surface area contributed by atoms with Gasteiger partial charge in [-0.3, -0.25) is 9.10 Å². The van der Waals surface area contributed by atoms with Gasteiger partial charge >= 0.3 is 0 Å². The number of thioether (sulfide) groups is 1. The molecule has 1 atom stereocenters. The van der Waals surface area contributed by atoms with E-state index < -0.39 is 19.9 Å². The highest BCUT2D eigenvalue weighted by Gasteiger charge is 2.30. The second kappa shape index (κ2) is 8.79. The Kier molecular flexibility index (Phi) is 6.38. The normalized spacial score (nSPS) is 19.9. The van der Waals surface area contributed by atoms with Gasteiger partial charge in [0.25, 0.3) is 0 Å². The first-order valence-corrected chi connectivity index (χ1v) is 14.9. The maximum atomic E-state index is 12.7. The zero-order valence-corrected chi connectivity index (χ0v) is 20.5. The maximum absolute atomic E-state index is 12.7. The summed E-state index contributed by atoms with van der Waals surface area (Å²) in [5.74, 6) is 1.35. The number of ketones is 1. The van der Waals surface area contributed by atoms with Gasteiger partial charge in [0, 0.05) is 25.6 Å². The van der Waals surface area contributed by atoms with Crippen molar-refractivity contribution in [2.45, 2.75) is 31.3 Å². The average Bonchev–Trinajstić information content (AvgIpc) is 3.43. The number of carbonyl (C=O) groups is 1. The summed E-state index contributed by atoms with van der Waals surface area (Å²) in [5, 5.41) is 8.96. The quantitative estimate of drug-likeness (QED) is 0.397. The van der Waals surface area contributed by atoms with Gasteiger partial charge in [-0.15, -0.1) is 10.2 Å². The number of rotatable bonds is 8. The van der Waals surface area contributed by atoms with Crippen LogP contribution in [0, 0.1) is 5.92 Å². The molecular formula is C20H26N4O5S3. The Morgan fingerprint density at radius 2 is 2.06 bits per heavy atom. The Bertz CT molecular complexity index is 1250. The fourth-order valence-corrected chi connectivity index (χ4v) is 7.99. The van der Waals surface area contributed by atoms with Crippen LogP contribution in [0.5, 0.6) is 0 Å². The summed E-state index contributed by atoms with van der Waals surface area (Å²) < 4.78 is 51.0. The molecule has 2 aliphatic heterocycles. The summed E-state index contributed by atoms with van der Waals surface area (Å²) in [4.78, 5) is 12.7. The minimum absolute atomic E-state index is 0.0417. The standard InChI is InChI=1S/C20H26N4O5S3/c1-3-32(28,29)24-8-6-15-11-16(4-5-17(15)24)18(25)12-30-20-22-21-19(23(20)2)10-14-7-9-31(26,27)13-14/h4-5,11,14H,3,6-10,12-13H2,1-2H3. The third-order valence-corrected chi connectivity index (χ3v) is 10.6. The molecule has 0 aliphatic carbocycles. The molecular weight excluding hydrogens is 472 g/mol. The van der Waals surface area contributed by atoms with E-state index in [9.17, 15) is 21.6 Å². The molecule has 0 N–H and O–H groups in total. The van der Waals surface area contributed by atoms with Crippen molar-refractivity contribution < 1.29 is 21.6 Å². The lowest BCUT2D eigenvalue weighted by Crippen LogP contribution is -2.30. The molecule has 32 heavy (non-hydrogen) atoms. The molecule has 2 aromatic rings. The lowest BCUT2D eigenvalue weighted by molar-refractivity contribution is 0.102. The van der Waals surface area contributed by atoms with E-state index >= 15 is 0 Å². The summed E-state index contributed by atoms with van der Waals surface area (Å²) in [6.07, 6.45) is 1.79. The third-order valence-electron chi connectivity index (χ3n) is 6.01. The minimum Gasteiger partial charge on any atom is -0.309 e. The van der Waals surface area contributed by atoms with Gasteiger partial charge in [0.05, 0.1) is 28.7 Å². The van der Waals surface area contributed by atoms with E-state index in [1.54, 1.807) is 25.1 Å². The van der Waals surface area contributed by atoms with Crippen molar-refractivity contribution in [2.24, 2.45) is 13.0 Å². The average molecular weight is 499 g/mol. The number of fused-ring (bicyclic) bond motifs is 1. The highest BCUT2D eigenvalue weighted by molar-refractivity contribution is 7.99. The zero-order valence-electron chi connectivity index (χ0n) is 18.0. The Morgan fingerprint density at radius 3 is 2.75 bits per heavy atom. The van der Waals surface area contributed by atoms with E-state index in [0.717, 1.165) is 11.4 Å². The molecule has 0 radical (unpaired) electrons. The lowest BCUT2D eigenvalue weighted by Gasteiger charge is -2.18. The van der Waals surface area contributed by atoms with Crippen molar-refractivity contribution in [3.05, 3.63) is 35.2 Å². The van der Waals surface area contributed by atoms with Crippen LogP contribution in [0.1, 0.15) is 35.1 Å². The summed E-state index contributed by atoms with van der Waals surface area (Å²) in [6.45, 7) is 2.03. The van der Waals surface area contributed by atoms with Crippen LogP contribution in [0.4, 0.5) is 5.69 Å². The Morgan fingerprint density at radius 1 is 1.28 bits per heavy atom. The highest BCUT2D eigenvalue weighted by Crippen LogP contribution is 2.32. The number of benzene rings is 1. The predicted molar refractivity (Wildman–Crippen MR) is 123 cm³/mol. The van der Waals surface area contributed by atoms with Crippen LogP contribution in [-0.2, 0) is 39.7 Å². The second-order valence-electron chi connectivity index (χ2n) is 8.21. The molecule has 0 spiro atoms. The molecule has 0 bridgehead atoms. The largest absolute Gasteiger partial charge is 0.309 e. The Hall–Kier alpha value is -1.92. The second-order valence-corrected chi connectivity index (χ2v) is 13.6. The predicted octanol–water partition coefficient (Wildman–Crippen LogP) is 1.48. The number of sulfonamides is 1. The molecule has 4 rings (SSSR count). The first-order chi connectivity index (χ1) is 15.1. The first-order valence-electron chi connectivity index (χ1n) is 10.5. The van der Waals surface area contributed by atoms with Crippen molar-refractivity contribution in [1.29, 1.82) is 0 Å². The fraction of sp³-hybridized carbons (Fsp3) is 0.550. The Labute approximate surface area is 192 Å². The number of Topliss-reactive ketones (excluding diaryl/α,β-unsaturated/α-hetero) is 1. The van der Waals surface area contributed by atoms with E-state index in [-0.39, 0.29) is 34.7 Å². The summed E-state index contributed by atoms with van der Waals surface area (Å²) in [6, 6.07) is 5.17. The van der Waals surface area contributed by atoms with Gasteiger partial charge in [-0.1, -0.05) is 11.8 Å². The van der Waals surface area contributed by atoms with Crippen molar-refractivity contribution in [3.63, 3.8) is 0 Å². The van der Waals surface area contributed by atoms with Gasteiger partial charge in [0.15, 0.2) is 20.8 Å². The molecule has 0 saturated carbocycles. The molecule has 1 aromatic heterocycles. The number of anilines is 1. The molecule has 1 unspecified atom stereocenters. The van der Waals surface area contributed by atoms with E-state index in [1.807, 2.05) is 11.6 Å². The smallest absolute Gasteiger partial charge is 0.234 e. The summed E-state index contributed by atoms with van der Waals surface area (Å²) in [7, 11) is -4.43. The van der Waals surface area contributed by atoms with Crippen LogP contribution in [0.25, 0.3) is 0 Å². The fourth-order valence-electron chi connectivity index (χ4n) is 4.14. The number of hydrogen-bond acceptors (Lipinski definition) is 8. The molecule has 1 aromatic carbocycles. The molecule has 1 fully saturated rings. The number of sulfone groups is 1. The van der Waals surface area contributed by atoms with Gasteiger partial charge < -0.3 is 4.57 Å². The molecule has 1 saturated heterocycles. The first kappa shape index (κ1) is 23.2. The van der Waals surface area contributed by atoms with E-state index in [0.29, 0.717) is 42.2 Å². The third kappa shape index (κ3) is 4.72. The van der Waals surface area contributed by atoms with E-state index in [2.05, 4.69) is 10.2 Å². The Balaban J connectivity index is 1.39. The monoisotopic (exact) mass is 498 g/mol. The number of carbonyl (C=O) groups excluding carboxylic acids is 1. The molecule has 2 aliphatic rings. The van der Waals surface area contributed by atoms with Crippen molar-refractivity contribution in [1.82, 2.24) is 14.8 Å². The van der Waals surface area contributed by atoms with Crippen molar-refractivity contribution in [3.8, 4) is 0 Å². The highest BCUT2D eigenvalue weighted by atomic mass is 32.2. The van der Waals surface area contributed by atoms with Crippen LogP contribution >= 0.6 is 11.8 Å². The summed E-state index contributed by atoms with van der Waals surface area (Å²) in [5.41, 5.74) is 2.07. The van der Waals surface area contributed by atoms with Gasteiger partial charge in [-0.25, -0.2) is 16.8 Å². The van der Waals surface area contributed by atoms with Gasteiger partial charge in [0.2, 0.25) is 10.0 Å². The molecule has 0 amide bonds. The van der Waals surface area contributed by atoms with Gasteiger partial charge in [0.1, 0.15) is 5.82 Å². The van der Waals surface area contributed by atoms with Crippen LogP contribution in [-0.4, -0.2) is 66.9 Å². The maximum Gasteiger partial charge on any atom is 0.234 e. The zero-order chi connectivity index (χ0) is 23.1. The van der Waals surface area contributed by atoms with Gasteiger partial charge in [-0.2, -0.15) is 0 Å². The molecule has 3 heterocycles. The molecule has 12 heteroatoms. The van der Waals surface area contributed by atoms with Crippen LogP contribution in [0.15, 0.2) is 23.4 Å². The number of hydrogen-bond donors (Lipinski definition) is 0. The minimum atomic E-state index is -3.32.